The first-order chi connectivity index (χ1) is 10.6. The third kappa shape index (κ3) is 4.26. The average molecular weight is 398 g/mol. The van der Waals surface area contributed by atoms with Crippen molar-refractivity contribution in [2.24, 2.45) is 0 Å². The van der Waals surface area contributed by atoms with Gasteiger partial charge in [0, 0.05) is 4.47 Å². The summed E-state index contributed by atoms with van der Waals surface area (Å²) < 4.78 is 33.8. The van der Waals surface area contributed by atoms with E-state index in [0.717, 1.165) is 10.0 Å². The maximum atomic E-state index is 12.6. The fraction of sp³-hybridized carbons (Fsp3) is 0.294. The Hall–Kier alpha value is -1.53. The van der Waals surface area contributed by atoms with E-state index in [1.54, 1.807) is 30.3 Å². The molecule has 0 radical (unpaired) electrons. The summed E-state index contributed by atoms with van der Waals surface area (Å²) in [6.07, 6.45) is 0. The smallest absolute Gasteiger partial charge is 0.262 e. The van der Waals surface area contributed by atoms with Gasteiger partial charge in [-0.25, -0.2) is 8.42 Å². The molecular weight excluding hydrogens is 378 g/mol. The van der Waals surface area contributed by atoms with Crippen LogP contribution in [0.4, 0.5) is 5.69 Å². The lowest BCUT2D eigenvalue weighted by Gasteiger charge is -2.21. The molecule has 2 aromatic rings. The van der Waals surface area contributed by atoms with Gasteiger partial charge in [-0.3, -0.25) is 4.72 Å². The highest BCUT2D eigenvalue weighted by Gasteiger charge is 2.20. The van der Waals surface area contributed by atoms with Crippen molar-refractivity contribution in [2.45, 2.75) is 31.1 Å². The van der Waals surface area contributed by atoms with Crippen LogP contribution in [0.5, 0.6) is 5.75 Å². The number of nitrogens with one attached hydrogen (secondary N) is 1. The van der Waals surface area contributed by atoms with Crippen molar-refractivity contribution in [1.29, 1.82) is 0 Å². The van der Waals surface area contributed by atoms with Gasteiger partial charge in [0.05, 0.1) is 17.7 Å². The molecule has 2 aromatic carbocycles. The maximum Gasteiger partial charge on any atom is 0.262 e. The Morgan fingerprint density at radius 2 is 1.65 bits per heavy atom. The molecule has 0 heterocycles. The predicted octanol–water partition coefficient (Wildman–Crippen LogP) is 4.56. The van der Waals surface area contributed by atoms with Crippen molar-refractivity contribution in [3.05, 3.63) is 52.5 Å². The number of sulfonamides is 1. The lowest BCUT2D eigenvalue weighted by atomic mass is 9.87. The molecule has 0 atom stereocenters. The van der Waals surface area contributed by atoms with Gasteiger partial charge in [-0.1, -0.05) is 42.8 Å². The number of ether oxygens (including phenoxy) is 1. The van der Waals surface area contributed by atoms with Gasteiger partial charge in [0.15, 0.2) is 0 Å². The largest absolute Gasteiger partial charge is 0.495 e. The summed E-state index contributed by atoms with van der Waals surface area (Å²) in [7, 11) is -2.16. The summed E-state index contributed by atoms with van der Waals surface area (Å²) in [5.41, 5.74) is 1.36. The van der Waals surface area contributed by atoms with Gasteiger partial charge in [0.25, 0.3) is 10.0 Å². The van der Waals surface area contributed by atoms with Crippen molar-refractivity contribution in [3.63, 3.8) is 0 Å². The second kappa shape index (κ2) is 6.53. The van der Waals surface area contributed by atoms with Crippen molar-refractivity contribution in [1.82, 2.24) is 0 Å². The minimum atomic E-state index is -3.68. The van der Waals surface area contributed by atoms with Gasteiger partial charge in [0.1, 0.15) is 5.75 Å². The normalized spacial score (nSPS) is 12.0. The van der Waals surface area contributed by atoms with Gasteiger partial charge in [-0.05, 0) is 47.4 Å². The zero-order chi connectivity index (χ0) is 17.3. The second-order valence-corrected chi connectivity index (χ2v) is 8.82. The molecule has 0 saturated heterocycles. The van der Waals surface area contributed by atoms with Crippen molar-refractivity contribution >= 4 is 31.6 Å². The standard InChI is InChI=1S/C17H20BrNO3S/c1-17(2,3)12-5-10-16(22-4)15(11-12)19-23(20,21)14-8-6-13(18)7-9-14/h5-11,19H,1-4H3. The van der Waals surface area contributed by atoms with Crippen LogP contribution in [0.3, 0.4) is 0 Å². The summed E-state index contributed by atoms with van der Waals surface area (Å²) in [5, 5.41) is 0. The van der Waals surface area contributed by atoms with Crippen LogP contribution in [-0.4, -0.2) is 15.5 Å². The van der Waals surface area contributed by atoms with E-state index in [4.69, 9.17) is 4.74 Å². The molecule has 0 spiro atoms. The molecule has 4 nitrogen and oxygen atoms in total. The molecule has 6 heteroatoms. The number of hydrogen-bond acceptors (Lipinski definition) is 3. The third-order valence-electron chi connectivity index (χ3n) is 3.43. The Bertz CT molecular complexity index is 794. The molecule has 0 unspecified atom stereocenters. The minimum absolute atomic E-state index is 0.0932. The molecule has 0 saturated carbocycles. The van der Waals surface area contributed by atoms with E-state index in [1.165, 1.54) is 7.11 Å². The topological polar surface area (TPSA) is 55.4 Å². The minimum Gasteiger partial charge on any atom is -0.495 e. The summed E-state index contributed by atoms with van der Waals surface area (Å²) in [4.78, 5) is 0.198. The fourth-order valence-electron chi connectivity index (χ4n) is 2.07. The first-order valence-electron chi connectivity index (χ1n) is 7.10. The van der Waals surface area contributed by atoms with Crippen LogP contribution in [0.2, 0.25) is 0 Å². The maximum absolute atomic E-state index is 12.6. The molecule has 0 aliphatic heterocycles. The number of anilines is 1. The Morgan fingerprint density at radius 3 is 2.17 bits per heavy atom. The van der Waals surface area contributed by atoms with E-state index in [9.17, 15) is 8.42 Å². The van der Waals surface area contributed by atoms with Crippen LogP contribution < -0.4 is 9.46 Å². The molecule has 0 fully saturated rings. The van der Waals surface area contributed by atoms with Gasteiger partial charge < -0.3 is 4.74 Å². The van der Waals surface area contributed by atoms with Crippen LogP contribution >= 0.6 is 15.9 Å². The van der Waals surface area contributed by atoms with E-state index < -0.39 is 10.0 Å². The lowest BCUT2D eigenvalue weighted by Crippen LogP contribution is -2.16. The monoisotopic (exact) mass is 397 g/mol. The van der Waals surface area contributed by atoms with E-state index >= 15 is 0 Å². The van der Waals surface area contributed by atoms with Crippen molar-refractivity contribution in [3.8, 4) is 5.75 Å². The Morgan fingerprint density at radius 1 is 1.04 bits per heavy atom. The Kier molecular flexibility index (Phi) is 5.06. The molecule has 0 amide bonds. The van der Waals surface area contributed by atoms with E-state index in [-0.39, 0.29) is 10.3 Å². The molecule has 0 aliphatic carbocycles. The van der Waals surface area contributed by atoms with Crippen molar-refractivity contribution < 1.29 is 13.2 Å². The van der Waals surface area contributed by atoms with E-state index in [1.807, 2.05) is 12.1 Å². The highest BCUT2D eigenvalue weighted by molar-refractivity contribution is 9.10. The summed E-state index contributed by atoms with van der Waals surface area (Å²) in [5.74, 6) is 0.485. The summed E-state index contributed by atoms with van der Waals surface area (Å²) >= 11 is 3.30. The van der Waals surface area contributed by atoms with Gasteiger partial charge in [-0.15, -0.1) is 0 Å². The number of methoxy groups -OCH3 is 1. The van der Waals surface area contributed by atoms with Gasteiger partial charge >= 0.3 is 0 Å². The molecule has 124 valence electrons. The zero-order valence-corrected chi connectivity index (χ0v) is 16.0. The van der Waals surface area contributed by atoms with Gasteiger partial charge in [0.2, 0.25) is 0 Å². The Labute approximate surface area is 146 Å². The second-order valence-electron chi connectivity index (χ2n) is 6.22. The number of benzene rings is 2. The Balaban J connectivity index is 2.43. The van der Waals surface area contributed by atoms with Crippen LogP contribution in [-0.2, 0) is 15.4 Å². The highest BCUT2D eigenvalue weighted by atomic mass is 79.9. The molecule has 1 N–H and O–H groups in total. The van der Waals surface area contributed by atoms with E-state index in [2.05, 4.69) is 41.4 Å². The summed E-state index contributed by atoms with van der Waals surface area (Å²) in [6.45, 7) is 6.21. The first-order valence-corrected chi connectivity index (χ1v) is 9.38. The van der Waals surface area contributed by atoms with E-state index in [0.29, 0.717) is 11.4 Å². The number of halogens is 1. The number of hydrogen-bond donors (Lipinski definition) is 1. The molecule has 2 rings (SSSR count). The first kappa shape index (κ1) is 17.8. The predicted molar refractivity (Wildman–Crippen MR) is 96.6 cm³/mol. The van der Waals surface area contributed by atoms with Crippen LogP contribution in [0.1, 0.15) is 26.3 Å². The fourth-order valence-corrected chi connectivity index (χ4v) is 3.40. The molecule has 0 aliphatic rings. The highest BCUT2D eigenvalue weighted by Crippen LogP contribution is 2.32. The molecule has 0 aromatic heterocycles. The molecule has 0 bridgehead atoms. The third-order valence-corrected chi connectivity index (χ3v) is 5.34. The van der Waals surface area contributed by atoms with Crippen LogP contribution in [0, 0.1) is 0 Å². The SMILES string of the molecule is COc1ccc(C(C)(C)C)cc1NS(=O)(=O)c1ccc(Br)cc1. The van der Waals surface area contributed by atoms with Crippen molar-refractivity contribution in [2.75, 3.05) is 11.8 Å². The molecule has 23 heavy (non-hydrogen) atoms. The summed E-state index contributed by atoms with van der Waals surface area (Å²) in [6, 6.07) is 12.0. The molecular formula is C17H20BrNO3S. The number of rotatable bonds is 4. The lowest BCUT2D eigenvalue weighted by molar-refractivity contribution is 0.416. The zero-order valence-electron chi connectivity index (χ0n) is 13.6. The quantitative estimate of drug-likeness (QED) is 0.822. The average Bonchev–Trinajstić information content (AvgIpc) is 2.46. The van der Waals surface area contributed by atoms with Crippen LogP contribution in [0.15, 0.2) is 51.8 Å². The van der Waals surface area contributed by atoms with Crippen LogP contribution in [0.25, 0.3) is 0 Å². The van der Waals surface area contributed by atoms with Gasteiger partial charge in [-0.2, -0.15) is 0 Å².